The van der Waals surface area contributed by atoms with Gasteiger partial charge in [-0.3, -0.25) is 4.90 Å². The van der Waals surface area contributed by atoms with E-state index in [9.17, 15) is 0 Å². The molecule has 0 aromatic heterocycles. The zero-order chi connectivity index (χ0) is 13.2. The van der Waals surface area contributed by atoms with E-state index in [0.717, 1.165) is 25.6 Å². The van der Waals surface area contributed by atoms with E-state index in [-0.39, 0.29) is 0 Å². The third kappa shape index (κ3) is 3.46. The molecule has 1 heterocycles. The van der Waals surface area contributed by atoms with Crippen LogP contribution >= 0.6 is 0 Å². The van der Waals surface area contributed by atoms with Crippen molar-refractivity contribution in [2.75, 3.05) is 26.2 Å². The summed E-state index contributed by atoms with van der Waals surface area (Å²) in [6, 6.07) is 0. The van der Waals surface area contributed by atoms with E-state index in [1.807, 2.05) is 0 Å². The van der Waals surface area contributed by atoms with E-state index >= 15 is 0 Å². The summed E-state index contributed by atoms with van der Waals surface area (Å²) in [7, 11) is 0. The Labute approximate surface area is 112 Å². The van der Waals surface area contributed by atoms with Gasteiger partial charge in [0.1, 0.15) is 0 Å². The predicted octanol–water partition coefficient (Wildman–Crippen LogP) is 2.25. The molecule has 2 rings (SSSR count). The van der Waals surface area contributed by atoms with E-state index in [4.69, 9.17) is 10.5 Å². The van der Waals surface area contributed by atoms with Crippen LogP contribution in [-0.2, 0) is 4.74 Å². The van der Waals surface area contributed by atoms with Gasteiger partial charge in [-0.15, -0.1) is 0 Å². The molecule has 1 saturated carbocycles. The standard InChI is InChI=1S/C15H30N2O/c1-12-5-4-6-15(7-12,10-16)11-17-8-13(2)18-14(3)9-17/h12-14H,4-11,16H2,1-3H3/t12?,13-,14+,15?. The number of hydrogen-bond donors (Lipinski definition) is 1. The maximum atomic E-state index is 6.13. The summed E-state index contributed by atoms with van der Waals surface area (Å²) in [5.41, 5.74) is 6.50. The first-order valence-corrected chi connectivity index (χ1v) is 7.61. The fourth-order valence-corrected chi connectivity index (χ4v) is 4.05. The van der Waals surface area contributed by atoms with Crippen molar-refractivity contribution in [3.63, 3.8) is 0 Å². The van der Waals surface area contributed by atoms with Crippen LogP contribution in [0.3, 0.4) is 0 Å². The SMILES string of the molecule is CC1CCCC(CN)(CN2C[C@@H](C)O[C@@H](C)C2)C1. The predicted molar refractivity (Wildman–Crippen MR) is 75.6 cm³/mol. The molecule has 2 N–H and O–H groups in total. The molecule has 0 spiro atoms. The Morgan fingerprint density at radius 1 is 1.22 bits per heavy atom. The van der Waals surface area contributed by atoms with E-state index in [0.29, 0.717) is 17.6 Å². The summed E-state index contributed by atoms with van der Waals surface area (Å²) < 4.78 is 5.82. The summed E-state index contributed by atoms with van der Waals surface area (Å²) >= 11 is 0. The van der Waals surface area contributed by atoms with Crippen molar-refractivity contribution in [2.24, 2.45) is 17.1 Å². The van der Waals surface area contributed by atoms with Crippen LogP contribution in [0.25, 0.3) is 0 Å². The van der Waals surface area contributed by atoms with E-state index in [2.05, 4.69) is 25.7 Å². The Bertz CT molecular complexity index is 261. The van der Waals surface area contributed by atoms with Crippen molar-refractivity contribution in [3.05, 3.63) is 0 Å². The molecule has 4 atom stereocenters. The third-order valence-electron chi connectivity index (χ3n) is 4.67. The summed E-state index contributed by atoms with van der Waals surface area (Å²) in [5, 5.41) is 0. The second-order valence-electron chi connectivity index (χ2n) is 6.86. The lowest BCUT2D eigenvalue weighted by atomic mass is 9.69. The molecule has 1 aliphatic carbocycles. The molecule has 2 aliphatic rings. The van der Waals surface area contributed by atoms with Gasteiger partial charge in [0.15, 0.2) is 0 Å². The molecule has 18 heavy (non-hydrogen) atoms. The molecule has 2 unspecified atom stereocenters. The lowest BCUT2D eigenvalue weighted by molar-refractivity contribution is -0.0810. The highest BCUT2D eigenvalue weighted by Gasteiger charge is 2.36. The molecule has 2 fully saturated rings. The molecule has 1 aliphatic heterocycles. The summed E-state index contributed by atoms with van der Waals surface area (Å²) in [6.07, 6.45) is 6.09. The van der Waals surface area contributed by atoms with Crippen molar-refractivity contribution in [1.82, 2.24) is 4.90 Å². The Kier molecular flexibility index (Phi) is 4.68. The van der Waals surface area contributed by atoms with Crippen molar-refractivity contribution in [1.29, 1.82) is 0 Å². The van der Waals surface area contributed by atoms with Crippen LogP contribution in [0, 0.1) is 11.3 Å². The molecule has 0 amide bonds. The Morgan fingerprint density at radius 2 is 1.89 bits per heavy atom. The van der Waals surface area contributed by atoms with Crippen LogP contribution in [0.2, 0.25) is 0 Å². The summed E-state index contributed by atoms with van der Waals surface area (Å²) in [6.45, 7) is 10.9. The number of morpholine rings is 1. The zero-order valence-electron chi connectivity index (χ0n) is 12.3. The largest absolute Gasteiger partial charge is 0.373 e. The normalized spacial score (nSPS) is 43.0. The van der Waals surface area contributed by atoms with Gasteiger partial charge in [-0.2, -0.15) is 0 Å². The topological polar surface area (TPSA) is 38.5 Å². The molecule has 0 aromatic carbocycles. The average Bonchev–Trinajstić information content (AvgIpc) is 2.27. The second-order valence-corrected chi connectivity index (χ2v) is 6.86. The Balaban J connectivity index is 1.96. The van der Waals surface area contributed by atoms with Crippen molar-refractivity contribution >= 4 is 0 Å². The first kappa shape index (κ1) is 14.3. The molecule has 1 saturated heterocycles. The first-order valence-electron chi connectivity index (χ1n) is 7.61. The zero-order valence-corrected chi connectivity index (χ0v) is 12.3. The second kappa shape index (κ2) is 5.89. The van der Waals surface area contributed by atoms with Gasteiger partial charge >= 0.3 is 0 Å². The Hall–Kier alpha value is -0.120. The Morgan fingerprint density at radius 3 is 2.44 bits per heavy atom. The van der Waals surface area contributed by atoms with Gasteiger partial charge in [-0.05, 0) is 44.6 Å². The van der Waals surface area contributed by atoms with Crippen LogP contribution in [0.5, 0.6) is 0 Å². The molecule has 0 bridgehead atoms. The van der Waals surface area contributed by atoms with Crippen LogP contribution in [0.1, 0.15) is 46.5 Å². The monoisotopic (exact) mass is 254 g/mol. The fourth-order valence-electron chi connectivity index (χ4n) is 4.05. The number of hydrogen-bond acceptors (Lipinski definition) is 3. The summed E-state index contributed by atoms with van der Waals surface area (Å²) in [4.78, 5) is 2.59. The minimum atomic E-state index is 0.365. The van der Waals surface area contributed by atoms with Gasteiger partial charge in [-0.1, -0.05) is 19.8 Å². The van der Waals surface area contributed by atoms with Gasteiger partial charge in [0.25, 0.3) is 0 Å². The molecule has 0 radical (unpaired) electrons. The maximum Gasteiger partial charge on any atom is 0.0678 e. The lowest BCUT2D eigenvalue weighted by Crippen LogP contribution is -2.52. The number of rotatable bonds is 3. The minimum absolute atomic E-state index is 0.365. The highest BCUT2D eigenvalue weighted by atomic mass is 16.5. The van der Waals surface area contributed by atoms with Crippen LogP contribution in [0.4, 0.5) is 0 Å². The highest BCUT2D eigenvalue weighted by Crippen LogP contribution is 2.39. The van der Waals surface area contributed by atoms with Gasteiger partial charge in [0.2, 0.25) is 0 Å². The quantitative estimate of drug-likeness (QED) is 0.839. The third-order valence-corrected chi connectivity index (χ3v) is 4.67. The first-order chi connectivity index (χ1) is 8.53. The van der Waals surface area contributed by atoms with Crippen molar-refractivity contribution in [3.8, 4) is 0 Å². The summed E-state index contributed by atoms with van der Waals surface area (Å²) in [5.74, 6) is 0.846. The average molecular weight is 254 g/mol. The molecule has 3 heteroatoms. The van der Waals surface area contributed by atoms with Gasteiger partial charge < -0.3 is 10.5 Å². The van der Waals surface area contributed by atoms with Gasteiger partial charge in [0, 0.05) is 19.6 Å². The lowest BCUT2D eigenvalue weighted by Gasteiger charge is -2.45. The van der Waals surface area contributed by atoms with Gasteiger partial charge in [-0.25, -0.2) is 0 Å². The molecule has 3 nitrogen and oxygen atoms in total. The molecular formula is C15H30N2O. The number of ether oxygens (including phenoxy) is 1. The number of nitrogens with zero attached hydrogens (tertiary/aromatic N) is 1. The van der Waals surface area contributed by atoms with E-state index < -0.39 is 0 Å². The van der Waals surface area contributed by atoms with Crippen LogP contribution in [-0.4, -0.2) is 43.3 Å². The fraction of sp³-hybridized carbons (Fsp3) is 1.00. The molecule has 106 valence electrons. The minimum Gasteiger partial charge on any atom is -0.373 e. The van der Waals surface area contributed by atoms with Crippen molar-refractivity contribution < 1.29 is 4.74 Å². The van der Waals surface area contributed by atoms with Crippen LogP contribution < -0.4 is 5.73 Å². The van der Waals surface area contributed by atoms with E-state index in [1.54, 1.807) is 0 Å². The highest BCUT2D eigenvalue weighted by molar-refractivity contribution is 4.90. The van der Waals surface area contributed by atoms with E-state index in [1.165, 1.54) is 32.2 Å². The molecular weight excluding hydrogens is 224 g/mol. The van der Waals surface area contributed by atoms with Crippen molar-refractivity contribution in [2.45, 2.75) is 58.7 Å². The number of nitrogens with two attached hydrogens (primary N) is 1. The van der Waals surface area contributed by atoms with Crippen LogP contribution in [0.15, 0.2) is 0 Å². The van der Waals surface area contributed by atoms with Gasteiger partial charge in [0.05, 0.1) is 12.2 Å². The maximum absolute atomic E-state index is 6.13. The molecule has 0 aromatic rings. The smallest absolute Gasteiger partial charge is 0.0678 e.